The van der Waals surface area contributed by atoms with Crippen molar-refractivity contribution in [1.29, 1.82) is 0 Å². The zero-order valence-electron chi connectivity index (χ0n) is 9.49. The first-order valence-corrected chi connectivity index (χ1v) is 5.25. The van der Waals surface area contributed by atoms with E-state index in [0.29, 0.717) is 5.70 Å². The van der Waals surface area contributed by atoms with Crippen LogP contribution in [0.4, 0.5) is 0 Å². The van der Waals surface area contributed by atoms with Gasteiger partial charge < -0.3 is 10.6 Å². The van der Waals surface area contributed by atoms with E-state index in [2.05, 4.69) is 0 Å². The summed E-state index contributed by atoms with van der Waals surface area (Å²) >= 11 is 0. The van der Waals surface area contributed by atoms with Gasteiger partial charge in [-0.2, -0.15) is 0 Å². The molecule has 0 radical (unpaired) electrons. The van der Waals surface area contributed by atoms with E-state index in [4.69, 9.17) is 5.73 Å². The summed E-state index contributed by atoms with van der Waals surface area (Å²) < 4.78 is 0. The first kappa shape index (κ1) is 11.8. The number of Topliss-reactive ketones (excluding diaryl/α,β-unsaturated/α-hetero) is 1. The molecule has 1 fully saturated rings. The van der Waals surface area contributed by atoms with E-state index in [1.165, 1.54) is 18.0 Å². The molecule has 15 heavy (non-hydrogen) atoms. The van der Waals surface area contributed by atoms with Gasteiger partial charge in [-0.15, -0.1) is 0 Å². The molecule has 0 aromatic carbocycles. The highest BCUT2D eigenvalue weighted by molar-refractivity contribution is 5.98. The third kappa shape index (κ3) is 2.58. The van der Waals surface area contributed by atoms with Gasteiger partial charge in [-0.1, -0.05) is 0 Å². The third-order valence-electron chi connectivity index (χ3n) is 2.46. The maximum Gasteiger partial charge on any atom is 0.230 e. The highest BCUT2D eigenvalue weighted by Crippen LogP contribution is 2.32. The molecule has 0 saturated heterocycles. The summed E-state index contributed by atoms with van der Waals surface area (Å²) in [4.78, 5) is 24.8. The van der Waals surface area contributed by atoms with E-state index in [9.17, 15) is 9.59 Å². The first-order valence-electron chi connectivity index (χ1n) is 5.25. The summed E-state index contributed by atoms with van der Waals surface area (Å²) in [5.74, 6) is -0.0428. The van der Waals surface area contributed by atoms with E-state index in [1.807, 2.05) is 13.8 Å². The molecule has 0 heterocycles. The average Bonchev–Trinajstić information content (AvgIpc) is 2.94. The van der Waals surface area contributed by atoms with Crippen molar-refractivity contribution < 1.29 is 9.59 Å². The van der Waals surface area contributed by atoms with E-state index in [1.54, 1.807) is 0 Å². The Morgan fingerprint density at radius 1 is 1.40 bits per heavy atom. The molecule has 4 heteroatoms. The summed E-state index contributed by atoms with van der Waals surface area (Å²) in [7, 11) is 0. The topological polar surface area (TPSA) is 63.4 Å². The average molecular weight is 210 g/mol. The van der Waals surface area contributed by atoms with Gasteiger partial charge in [0, 0.05) is 25.1 Å². The second-order valence-corrected chi connectivity index (χ2v) is 4.18. The molecule has 1 amide bonds. The molecule has 0 atom stereocenters. The Morgan fingerprint density at radius 3 is 2.20 bits per heavy atom. The van der Waals surface area contributed by atoms with Gasteiger partial charge >= 0.3 is 0 Å². The molecule has 0 aliphatic heterocycles. The van der Waals surface area contributed by atoms with Crippen LogP contribution in [0.5, 0.6) is 0 Å². The molecular weight excluding hydrogens is 192 g/mol. The van der Waals surface area contributed by atoms with Crippen molar-refractivity contribution in [1.82, 2.24) is 4.90 Å². The van der Waals surface area contributed by atoms with Crippen LogP contribution in [-0.4, -0.2) is 22.6 Å². The fourth-order valence-electron chi connectivity index (χ4n) is 1.55. The Labute approximate surface area is 90.1 Å². The lowest BCUT2D eigenvalue weighted by molar-refractivity contribution is -0.134. The molecule has 1 aliphatic carbocycles. The maximum atomic E-state index is 11.9. The van der Waals surface area contributed by atoms with E-state index < -0.39 is 0 Å². The Balaban J connectivity index is 2.90. The maximum absolute atomic E-state index is 11.9. The lowest BCUT2D eigenvalue weighted by Gasteiger charge is -2.27. The molecule has 0 aromatic heterocycles. The van der Waals surface area contributed by atoms with Gasteiger partial charge in [0.1, 0.15) is 5.70 Å². The number of hydrogen-bond donors (Lipinski definition) is 1. The molecule has 1 saturated carbocycles. The number of rotatable bonds is 4. The van der Waals surface area contributed by atoms with Gasteiger partial charge in [0.2, 0.25) is 5.91 Å². The standard InChI is InChI=1S/C11H18N2O2/c1-7(2)13(10(6-12)8(3)14)11(15)9-4-5-9/h6-7,9H,4-5,12H2,1-3H3/b10-6-. The fourth-order valence-corrected chi connectivity index (χ4v) is 1.55. The summed E-state index contributed by atoms with van der Waals surface area (Å²) in [6, 6.07) is -0.0307. The number of nitrogens with zero attached hydrogens (tertiary/aromatic N) is 1. The Hall–Kier alpha value is -1.32. The SMILES string of the molecule is CC(=O)/C(=C/N)N(C(=O)C1CC1)C(C)C. The van der Waals surface area contributed by atoms with Gasteiger partial charge in [0.15, 0.2) is 5.78 Å². The van der Waals surface area contributed by atoms with Crippen LogP contribution in [0.25, 0.3) is 0 Å². The van der Waals surface area contributed by atoms with Gasteiger partial charge in [0.05, 0.1) is 0 Å². The summed E-state index contributed by atoms with van der Waals surface area (Å²) in [6.07, 6.45) is 3.08. The largest absolute Gasteiger partial charge is 0.403 e. The smallest absolute Gasteiger partial charge is 0.230 e. The lowest BCUT2D eigenvalue weighted by atomic mass is 10.2. The summed E-state index contributed by atoms with van der Waals surface area (Å²) in [5, 5.41) is 0. The van der Waals surface area contributed by atoms with Gasteiger partial charge in [0.25, 0.3) is 0 Å². The zero-order valence-corrected chi connectivity index (χ0v) is 9.49. The van der Waals surface area contributed by atoms with Crippen LogP contribution < -0.4 is 5.73 Å². The van der Waals surface area contributed by atoms with Crippen LogP contribution in [0.15, 0.2) is 11.9 Å². The molecule has 2 N–H and O–H groups in total. The zero-order chi connectivity index (χ0) is 11.6. The minimum absolute atomic E-state index is 0.0249. The van der Waals surface area contributed by atoms with Gasteiger partial charge in [-0.05, 0) is 26.7 Å². The van der Waals surface area contributed by atoms with Crippen molar-refractivity contribution in [3.63, 3.8) is 0 Å². The number of carbonyl (C=O) groups is 2. The quantitative estimate of drug-likeness (QED) is 0.705. The van der Waals surface area contributed by atoms with Gasteiger partial charge in [-0.25, -0.2) is 0 Å². The van der Waals surface area contributed by atoms with Crippen molar-refractivity contribution in [2.24, 2.45) is 11.7 Å². The van der Waals surface area contributed by atoms with E-state index in [0.717, 1.165) is 12.8 Å². The van der Waals surface area contributed by atoms with Crippen molar-refractivity contribution >= 4 is 11.7 Å². The summed E-state index contributed by atoms with van der Waals surface area (Å²) in [6.45, 7) is 5.19. The van der Waals surface area contributed by atoms with Crippen LogP contribution in [0.3, 0.4) is 0 Å². The molecule has 0 unspecified atom stereocenters. The lowest BCUT2D eigenvalue weighted by Crippen LogP contribution is -2.39. The number of carbonyl (C=O) groups excluding carboxylic acids is 2. The predicted molar refractivity (Wildman–Crippen MR) is 57.7 cm³/mol. The number of amides is 1. The third-order valence-corrected chi connectivity index (χ3v) is 2.46. The Bertz CT molecular complexity index is 304. The highest BCUT2D eigenvalue weighted by atomic mass is 16.2. The minimum atomic E-state index is -0.166. The highest BCUT2D eigenvalue weighted by Gasteiger charge is 2.36. The fraction of sp³-hybridized carbons (Fsp3) is 0.636. The predicted octanol–water partition coefficient (Wildman–Crippen LogP) is 1.02. The number of allylic oxidation sites excluding steroid dienone is 1. The van der Waals surface area contributed by atoms with Gasteiger partial charge in [-0.3, -0.25) is 9.59 Å². The molecule has 0 bridgehead atoms. The molecule has 0 aromatic rings. The molecule has 0 spiro atoms. The summed E-state index contributed by atoms with van der Waals surface area (Å²) in [5.41, 5.74) is 5.70. The number of hydrogen-bond acceptors (Lipinski definition) is 3. The van der Waals surface area contributed by atoms with Crippen molar-refractivity contribution in [2.75, 3.05) is 0 Å². The number of ketones is 1. The normalized spacial score (nSPS) is 16.7. The van der Waals surface area contributed by atoms with Crippen LogP contribution >= 0.6 is 0 Å². The van der Waals surface area contributed by atoms with Crippen molar-refractivity contribution in [3.8, 4) is 0 Å². The van der Waals surface area contributed by atoms with Crippen LogP contribution in [0.1, 0.15) is 33.6 Å². The van der Waals surface area contributed by atoms with Crippen LogP contribution in [0, 0.1) is 5.92 Å². The van der Waals surface area contributed by atoms with E-state index >= 15 is 0 Å². The second-order valence-electron chi connectivity index (χ2n) is 4.18. The van der Waals surface area contributed by atoms with E-state index in [-0.39, 0.29) is 23.7 Å². The van der Waals surface area contributed by atoms with Crippen molar-refractivity contribution in [3.05, 3.63) is 11.9 Å². The number of nitrogens with two attached hydrogens (primary N) is 1. The van der Waals surface area contributed by atoms with Crippen LogP contribution in [0.2, 0.25) is 0 Å². The molecule has 4 nitrogen and oxygen atoms in total. The van der Waals surface area contributed by atoms with Crippen LogP contribution in [-0.2, 0) is 9.59 Å². The molecule has 1 rings (SSSR count). The monoisotopic (exact) mass is 210 g/mol. The second kappa shape index (κ2) is 4.47. The minimum Gasteiger partial charge on any atom is -0.403 e. The molecular formula is C11H18N2O2. The van der Waals surface area contributed by atoms with Crippen molar-refractivity contribution in [2.45, 2.75) is 39.7 Å². The Kier molecular flexibility index (Phi) is 3.50. The Morgan fingerprint density at radius 2 is 1.93 bits per heavy atom. The first-order chi connectivity index (χ1) is 6.99. The molecule has 1 aliphatic rings. The molecule has 84 valence electrons.